The van der Waals surface area contributed by atoms with Crippen LogP contribution >= 0.6 is 0 Å². The number of rotatable bonds is 7. The predicted octanol–water partition coefficient (Wildman–Crippen LogP) is 16.2. The van der Waals surface area contributed by atoms with Crippen molar-refractivity contribution in [2.75, 3.05) is 0 Å². The van der Waals surface area contributed by atoms with Crippen molar-refractivity contribution in [3.8, 4) is 101 Å². The Labute approximate surface area is 387 Å². The Morgan fingerprint density at radius 3 is 0.970 bits per heavy atom. The Morgan fingerprint density at radius 1 is 0.227 bits per heavy atom. The minimum atomic E-state index is -0.0833. The van der Waals surface area contributed by atoms with Crippen LogP contribution in [0.15, 0.2) is 212 Å². The third-order valence-electron chi connectivity index (χ3n) is 14.1. The van der Waals surface area contributed by atoms with E-state index >= 15 is 0 Å². The van der Waals surface area contributed by atoms with Crippen molar-refractivity contribution in [1.29, 1.82) is 0 Å². The summed E-state index contributed by atoms with van der Waals surface area (Å²) in [4.78, 5) is 15.4. The van der Waals surface area contributed by atoms with Gasteiger partial charge in [0.05, 0.1) is 0 Å². The highest BCUT2D eigenvalue weighted by Gasteiger charge is 2.36. The van der Waals surface area contributed by atoms with E-state index in [0.29, 0.717) is 17.5 Å². The first-order valence-corrected chi connectivity index (χ1v) is 22.9. The van der Waals surface area contributed by atoms with Gasteiger partial charge in [-0.1, -0.05) is 198 Å². The first kappa shape index (κ1) is 39.6. The Bertz CT molecular complexity index is 3300. The van der Waals surface area contributed by atoms with Crippen LogP contribution in [-0.4, -0.2) is 15.0 Å². The number of nitrogens with zero attached hydrogens (tertiary/aromatic N) is 3. The fraction of sp³-hybridized carbons (Fsp3) is 0.0952. The molecule has 3 heteroatoms. The smallest absolute Gasteiger partial charge is 0.164 e. The van der Waals surface area contributed by atoms with Crippen LogP contribution in [0.4, 0.5) is 0 Å². The highest BCUT2D eigenvalue weighted by molar-refractivity contribution is 5.88. The molecule has 9 aromatic carbocycles. The molecule has 1 heterocycles. The van der Waals surface area contributed by atoms with Crippen molar-refractivity contribution < 1.29 is 0 Å². The lowest BCUT2D eigenvalue weighted by Crippen LogP contribution is -2.14. The van der Waals surface area contributed by atoms with E-state index in [1.165, 1.54) is 66.8 Å². The molecule has 0 aliphatic heterocycles. The standard InChI is InChI=1S/C63H47N3/c1-62(2)55-27-13-11-25-51(55)53-31-29-46(38-57(53)62)42-21-15-23-44(33-42)48-35-49(37-50(36-48)61-65-59(40-17-7-5-8-18-40)64-60(66-61)41-19-9-6-10-20-41)45-24-16-22-43(34-45)47-30-32-54-52-26-12-14-28-56(52)63(3,4)58(54)39-47/h5-39H,1-4H3. The van der Waals surface area contributed by atoms with Crippen LogP contribution in [0.2, 0.25) is 0 Å². The molecule has 2 aliphatic carbocycles. The summed E-state index contributed by atoms with van der Waals surface area (Å²) in [6.45, 7) is 9.38. The Kier molecular flexibility index (Phi) is 9.19. The summed E-state index contributed by atoms with van der Waals surface area (Å²) in [5.41, 5.74) is 22.6. The van der Waals surface area contributed by atoms with Crippen molar-refractivity contribution >= 4 is 0 Å². The third kappa shape index (κ3) is 6.61. The number of hydrogen-bond donors (Lipinski definition) is 0. The van der Waals surface area contributed by atoms with Gasteiger partial charge in [-0.2, -0.15) is 0 Å². The third-order valence-corrected chi connectivity index (χ3v) is 14.1. The molecule has 0 N–H and O–H groups in total. The summed E-state index contributed by atoms with van der Waals surface area (Å²) in [6, 6.07) is 76.8. The summed E-state index contributed by atoms with van der Waals surface area (Å²) >= 11 is 0. The summed E-state index contributed by atoms with van der Waals surface area (Å²) in [5.74, 6) is 1.90. The quantitative estimate of drug-likeness (QED) is 0.160. The Hall–Kier alpha value is -8.01. The van der Waals surface area contributed by atoms with Crippen molar-refractivity contribution in [1.82, 2.24) is 15.0 Å². The van der Waals surface area contributed by atoms with Gasteiger partial charge in [0.2, 0.25) is 0 Å². The average molecular weight is 846 g/mol. The molecule has 314 valence electrons. The van der Waals surface area contributed by atoms with Gasteiger partial charge in [0.15, 0.2) is 17.5 Å². The monoisotopic (exact) mass is 845 g/mol. The highest BCUT2D eigenvalue weighted by atomic mass is 15.0. The predicted molar refractivity (Wildman–Crippen MR) is 273 cm³/mol. The maximum atomic E-state index is 5.20. The molecule has 0 bridgehead atoms. The van der Waals surface area contributed by atoms with Gasteiger partial charge < -0.3 is 0 Å². The molecule has 0 spiro atoms. The number of aromatic nitrogens is 3. The zero-order valence-corrected chi connectivity index (χ0v) is 37.5. The van der Waals surface area contributed by atoms with E-state index < -0.39 is 0 Å². The zero-order chi connectivity index (χ0) is 44.6. The van der Waals surface area contributed by atoms with Crippen LogP contribution in [0, 0.1) is 0 Å². The first-order chi connectivity index (χ1) is 32.2. The second-order valence-corrected chi connectivity index (χ2v) is 18.9. The molecule has 0 amide bonds. The molecule has 0 saturated carbocycles. The molecular formula is C63H47N3. The normalized spacial score (nSPS) is 13.7. The lowest BCUT2D eigenvalue weighted by Gasteiger charge is -2.22. The van der Waals surface area contributed by atoms with E-state index in [1.54, 1.807) is 0 Å². The second-order valence-electron chi connectivity index (χ2n) is 18.9. The molecule has 1 aromatic heterocycles. The van der Waals surface area contributed by atoms with Crippen LogP contribution in [-0.2, 0) is 10.8 Å². The van der Waals surface area contributed by atoms with E-state index in [1.807, 2.05) is 36.4 Å². The summed E-state index contributed by atoms with van der Waals surface area (Å²) in [6.07, 6.45) is 0. The van der Waals surface area contributed by atoms with Crippen molar-refractivity contribution in [2.45, 2.75) is 38.5 Å². The van der Waals surface area contributed by atoms with Gasteiger partial charge in [0, 0.05) is 27.5 Å². The number of fused-ring (bicyclic) bond motifs is 6. The number of benzene rings is 9. The molecule has 3 nitrogen and oxygen atoms in total. The van der Waals surface area contributed by atoms with Crippen LogP contribution in [0.1, 0.15) is 49.9 Å². The average Bonchev–Trinajstić information content (AvgIpc) is 3.75. The Balaban J connectivity index is 1.01. The van der Waals surface area contributed by atoms with Gasteiger partial charge in [-0.05, 0) is 131 Å². The van der Waals surface area contributed by atoms with E-state index in [-0.39, 0.29) is 10.8 Å². The molecule has 2 aliphatic rings. The molecule has 10 aromatic rings. The molecule has 12 rings (SSSR count). The SMILES string of the molecule is CC1(C)c2ccccc2-c2ccc(-c3cccc(-c4cc(-c5cccc(-c6ccc7c(c6)C(C)(C)c6ccccc6-7)c5)cc(-c5nc(-c6ccccc6)nc(-c6ccccc6)n5)c4)c3)cc21. The van der Waals surface area contributed by atoms with Crippen molar-refractivity contribution in [3.63, 3.8) is 0 Å². The minimum Gasteiger partial charge on any atom is -0.208 e. The van der Waals surface area contributed by atoms with Gasteiger partial charge in [-0.3, -0.25) is 0 Å². The largest absolute Gasteiger partial charge is 0.208 e. The lowest BCUT2D eigenvalue weighted by molar-refractivity contribution is 0.660. The van der Waals surface area contributed by atoms with E-state index in [9.17, 15) is 0 Å². The van der Waals surface area contributed by atoms with Crippen LogP contribution in [0.5, 0.6) is 0 Å². The van der Waals surface area contributed by atoms with Gasteiger partial charge in [0.1, 0.15) is 0 Å². The van der Waals surface area contributed by atoms with Crippen LogP contribution in [0.3, 0.4) is 0 Å². The molecule has 0 fully saturated rings. The fourth-order valence-electron chi connectivity index (χ4n) is 10.6. The van der Waals surface area contributed by atoms with Crippen molar-refractivity contribution in [2.24, 2.45) is 0 Å². The van der Waals surface area contributed by atoms with Gasteiger partial charge >= 0.3 is 0 Å². The number of hydrogen-bond acceptors (Lipinski definition) is 3. The molecule has 0 unspecified atom stereocenters. The highest BCUT2D eigenvalue weighted by Crippen LogP contribution is 2.51. The molecule has 0 radical (unpaired) electrons. The van der Waals surface area contributed by atoms with Gasteiger partial charge in [-0.25, -0.2) is 15.0 Å². The maximum Gasteiger partial charge on any atom is 0.164 e. The first-order valence-electron chi connectivity index (χ1n) is 22.9. The van der Waals surface area contributed by atoms with Crippen molar-refractivity contribution in [3.05, 3.63) is 235 Å². The maximum absolute atomic E-state index is 5.20. The summed E-state index contributed by atoms with van der Waals surface area (Å²) in [5, 5.41) is 0. The summed E-state index contributed by atoms with van der Waals surface area (Å²) in [7, 11) is 0. The zero-order valence-electron chi connectivity index (χ0n) is 37.5. The van der Waals surface area contributed by atoms with E-state index in [0.717, 1.165) is 38.9 Å². The molecule has 0 atom stereocenters. The van der Waals surface area contributed by atoms with Gasteiger partial charge in [0.25, 0.3) is 0 Å². The molecule has 66 heavy (non-hydrogen) atoms. The van der Waals surface area contributed by atoms with Gasteiger partial charge in [-0.15, -0.1) is 0 Å². The molecular weight excluding hydrogens is 799 g/mol. The molecule has 0 saturated heterocycles. The van der Waals surface area contributed by atoms with E-state index in [4.69, 9.17) is 15.0 Å². The van der Waals surface area contributed by atoms with Crippen LogP contribution in [0.25, 0.3) is 101 Å². The second kappa shape index (κ2) is 15.3. The fourth-order valence-corrected chi connectivity index (χ4v) is 10.6. The van der Waals surface area contributed by atoms with Crippen LogP contribution < -0.4 is 0 Å². The topological polar surface area (TPSA) is 38.7 Å². The Morgan fingerprint density at radius 2 is 0.530 bits per heavy atom. The lowest BCUT2D eigenvalue weighted by atomic mass is 9.81. The summed E-state index contributed by atoms with van der Waals surface area (Å²) < 4.78 is 0. The minimum absolute atomic E-state index is 0.0833. The van der Waals surface area contributed by atoms with E-state index in [2.05, 4.69) is 204 Å².